The van der Waals surface area contributed by atoms with Crippen LogP contribution in [0.3, 0.4) is 0 Å². The second-order valence-corrected chi connectivity index (χ2v) is 8.43. The number of carboxylic acids is 2. The number of nitrogens with one attached hydrogen (secondary N) is 1. The molecule has 0 spiro atoms. The molecule has 0 atom stereocenters. The molecule has 0 saturated heterocycles. The van der Waals surface area contributed by atoms with Crippen molar-refractivity contribution < 1.29 is 34.0 Å². The fraction of sp³-hybridized carbons (Fsp3) is 0.138. The lowest BCUT2D eigenvalue weighted by Gasteiger charge is -2.13. The third-order valence-electron chi connectivity index (χ3n) is 5.69. The van der Waals surface area contributed by atoms with Crippen LogP contribution in [0.2, 0.25) is 0 Å². The molecule has 5 N–H and O–H groups in total. The van der Waals surface area contributed by atoms with Gasteiger partial charge in [-0.2, -0.15) is 0 Å². The SMILES string of the molecule is Nc1[nH]c(=O)c(C(=O)O)c(-c2cccc(OCCCOc3ccc(OCc4ccccc4)cc3)c2)c1C(=O)O. The molecule has 0 aliphatic heterocycles. The fourth-order valence-corrected chi connectivity index (χ4v) is 3.89. The van der Waals surface area contributed by atoms with Gasteiger partial charge in [-0.05, 0) is 47.5 Å². The predicted octanol–water partition coefficient (Wildman–Crippen LogP) is 4.45. The molecule has 10 nitrogen and oxygen atoms in total. The Morgan fingerprint density at radius 3 is 2.00 bits per heavy atom. The van der Waals surface area contributed by atoms with E-state index in [1.165, 1.54) is 12.1 Å². The fourth-order valence-electron chi connectivity index (χ4n) is 3.89. The van der Waals surface area contributed by atoms with Crippen molar-refractivity contribution in [3.8, 4) is 28.4 Å². The van der Waals surface area contributed by atoms with E-state index in [1.54, 1.807) is 12.1 Å². The Morgan fingerprint density at radius 1 is 0.744 bits per heavy atom. The number of aromatic nitrogens is 1. The number of carbonyl (C=O) groups is 2. The number of anilines is 1. The molecule has 0 aliphatic rings. The molecule has 10 heteroatoms. The summed E-state index contributed by atoms with van der Waals surface area (Å²) >= 11 is 0. The average Bonchev–Trinajstić information content (AvgIpc) is 2.92. The number of benzene rings is 3. The lowest BCUT2D eigenvalue weighted by atomic mass is 9.95. The van der Waals surface area contributed by atoms with Crippen LogP contribution in [0.4, 0.5) is 5.82 Å². The van der Waals surface area contributed by atoms with Crippen molar-refractivity contribution in [2.45, 2.75) is 13.0 Å². The highest BCUT2D eigenvalue weighted by molar-refractivity contribution is 6.07. The highest BCUT2D eigenvalue weighted by Crippen LogP contribution is 2.31. The van der Waals surface area contributed by atoms with Crippen LogP contribution in [0.15, 0.2) is 83.7 Å². The van der Waals surface area contributed by atoms with Gasteiger partial charge in [0, 0.05) is 12.0 Å². The molecule has 0 amide bonds. The lowest BCUT2D eigenvalue weighted by Crippen LogP contribution is -2.24. The summed E-state index contributed by atoms with van der Waals surface area (Å²) in [5.41, 5.74) is 4.43. The molecule has 1 heterocycles. The van der Waals surface area contributed by atoms with Crippen molar-refractivity contribution in [3.63, 3.8) is 0 Å². The maximum atomic E-state index is 12.2. The minimum Gasteiger partial charge on any atom is -0.493 e. The molecule has 0 radical (unpaired) electrons. The number of hydrogen-bond donors (Lipinski definition) is 4. The minimum atomic E-state index is -1.58. The minimum absolute atomic E-state index is 0.172. The second-order valence-electron chi connectivity index (χ2n) is 8.43. The molecular formula is C29H26N2O8. The van der Waals surface area contributed by atoms with Crippen molar-refractivity contribution in [2.75, 3.05) is 18.9 Å². The zero-order valence-corrected chi connectivity index (χ0v) is 20.8. The molecule has 200 valence electrons. The monoisotopic (exact) mass is 530 g/mol. The van der Waals surface area contributed by atoms with Crippen LogP contribution >= 0.6 is 0 Å². The summed E-state index contributed by atoms with van der Waals surface area (Å²) in [6.45, 7) is 1.13. The van der Waals surface area contributed by atoms with E-state index in [2.05, 4.69) is 4.98 Å². The van der Waals surface area contributed by atoms with E-state index < -0.39 is 34.4 Å². The van der Waals surface area contributed by atoms with Crippen LogP contribution in [-0.2, 0) is 6.61 Å². The number of ether oxygens (including phenoxy) is 3. The molecule has 0 aliphatic carbocycles. The van der Waals surface area contributed by atoms with Gasteiger partial charge in [0.25, 0.3) is 5.56 Å². The largest absolute Gasteiger partial charge is 0.493 e. The molecular weight excluding hydrogens is 504 g/mol. The summed E-state index contributed by atoms with van der Waals surface area (Å²) in [7, 11) is 0. The van der Waals surface area contributed by atoms with Gasteiger partial charge in [-0.15, -0.1) is 0 Å². The highest BCUT2D eigenvalue weighted by Gasteiger charge is 2.26. The summed E-state index contributed by atoms with van der Waals surface area (Å²) in [4.78, 5) is 37.9. The number of pyridine rings is 1. The summed E-state index contributed by atoms with van der Waals surface area (Å²) in [6, 6.07) is 23.3. The van der Waals surface area contributed by atoms with Gasteiger partial charge < -0.3 is 35.1 Å². The van der Waals surface area contributed by atoms with E-state index in [0.29, 0.717) is 31.1 Å². The molecule has 0 fully saturated rings. The molecule has 4 rings (SSSR count). The van der Waals surface area contributed by atoms with Gasteiger partial charge in [-0.25, -0.2) is 9.59 Å². The van der Waals surface area contributed by atoms with Crippen molar-refractivity contribution in [1.82, 2.24) is 4.98 Å². The summed E-state index contributed by atoms with van der Waals surface area (Å²) in [6.07, 6.45) is 0.537. The maximum absolute atomic E-state index is 12.2. The molecule has 0 bridgehead atoms. The Balaban J connectivity index is 1.33. The van der Waals surface area contributed by atoms with Crippen LogP contribution in [0.1, 0.15) is 32.7 Å². The number of hydrogen-bond acceptors (Lipinski definition) is 7. The van der Waals surface area contributed by atoms with Crippen LogP contribution < -0.4 is 25.5 Å². The van der Waals surface area contributed by atoms with Crippen LogP contribution in [0.5, 0.6) is 17.2 Å². The first-order chi connectivity index (χ1) is 18.8. The number of nitrogens with two attached hydrogens (primary N) is 1. The van der Waals surface area contributed by atoms with Gasteiger partial charge in [0.1, 0.15) is 40.8 Å². The third kappa shape index (κ3) is 6.75. The number of H-pyrrole nitrogens is 1. The molecule has 4 aromatic rings. The van der Waals surface area contributed by atoms with Gasteiger partial charge >= 0.3 is 11.9 Å². The Hall–Kier alpha value is -5.25. The van der Waals surface area contributed by atoms with Crippen LogP contribution in [0, 0.1) is 0 Å². The smallest absolute Gasteiger partial charge is 0.342 e. The topological polar surface area (TPSA) is 161 Å². The molecule has 1 aromatic heterocycles. The van der Waals surface area contributed by atoms with E-state index in [9.17, 15) is 24.6 Å². The van der Waals surface area contributed by atoms with Crippen LogP contribution in [-0.4, -0.2) is 40.3 Å². The first kappa shape index (κ1) is 26.8. The zero-order chi connectivity index (χ0) is 27.8. The summed E-state index contributed by atoms with van der Waals surface area (Å²) < 4.78 is 17.3. The first-order valence-corrected chi connectivity index (χ1v) is 12.0. The highest BCUT2D eigenvalue weighted by atomic mass is 16.5. The normalized spacial score (nSPS) is 10.6. The maximum Gasteiger partial charge on any atom is 0.342 e. The quantitative estimate of drug-likeness (QED) is 0.194. The molecule has 0 unspecified atom stereocenters. The molecule has 3 aromatic carbocycles. The van der Waals surface area contributed by atoms with Crippen molar-refractivity contribution in [1.29, 1.82) is 0 Å². The predicted molar refractivity (Wildman–Crippen MR) is 144 cm³/mol. The lowest BCUT2D eigenvalue weighted by molar-refractivity contribution is 0.0695. The van der Waals surface area contributed by atoms with E-state index in [-0.39, 0.29) is 17.7 Å². The zero-order valence-electron chi connectivity index (χ0n) is 20.8. The first-order valence-electron chi connectivity index (χ1n) is 12.0. The second kappa shape index (κ2) is 12.3. The third-order valence-corrected chi connectivity index (χ3v) is 5.69. The van der Waals surface area contributed by atoms with E-state index in [1.807, 2.05) is 54.6 Å². The molecule has 0 saturated carbocycles. The number of rotatable bonds is 12. The molecule has 39 heavy (non-hydrogen) atoms. The van der Waals surface area contributed by atoms with Gasteiger partial charge in [0.15, 0.2) is 0 Å². The number of aromatic amines is 1. The van der Waals surface area contributed by atoms with E-state index in [4.69, 9.17) is 19.9 Å². The van der Waals surface area contributed by atoms with Gasteiger partial charge in [0.2, 0.25) is 0 Å². The Morgan fingerprint density at radius 2 is 1.36 bits per heavy atom. The van der Waals surface area contributed by atoms with Gasteiger partial charge in [-0.1, -0.05) is 42.5 Å². The van der Waals surface area contributed by atoms with Crippen molar-refractivity contribution in [3.05, 3.63) is 106 Å². The number of nitrogen functional groups attached to an aromatic ring is 1. The summed E-state index contributed by atoms with van der Waals surface area (Å²) in [5, 5.41) is 19.2. The summed E-state index contributed by atoms with van der Waals surface area (Å²) in [5.74, 6) is -1.72. The van der Waals surface area contributed by atoms with Crippen molar-refractivity contribution in [2.24, 2.45) is 0 Å². The number of carboxylic acid groups (broad SMARTS) is 2. The Bertz CT molecular complexity index is 1520. The van der Waals surface area contributed by atoms with E-state index in [0.717, 1.165) is 11.3 Å². The standard InChI is InChI=1S/C29H26N2O8/c30-26-24(28(33)34)23(25(29(35)36)27(32)31-26)19-8-4-9-22(16-19)38-15-5-14-37-20-10-12-21(13-11-20)39-17-18-6-2-1-3-7-18/h1-4,6-13,16H,5,14-15,17H2,(H,33,34)(H,35,36)(H3,30,31,32). The average molecular weight is 531 g/mol. The van der Waals surface area contributed by atoms with Gasteiger partial charge in [-0.3, -0.25) is 4.79 Å². The Kier molecular flexibility index (Phi) is 8.47. The Labute approximate surface area is 223 Å². The van der Waals surface area contributed by atoms with Crippen LogP contribution in [0.25, 0.3) is 11.1 Å². The van der Waals surface area contributed by atoms with E-state index >= 15 is 0 Å². The van der Waals surface area contributed by atoms with Crippen molar-refractivity contribution >= 4 is 17.8 Å². The number of aromatic carboxylic acids is 2. The van der Waals surface area contributed by atoms with Gasteiger partial charge in [0.05, 0.1) is 13.2 Å².